The van der Waals surface area contributed by atoms with Crippen molar-refractivity contribution in [2.45, 2.75) is 6.92 Å². The summed E-state index contributed by atoms with van der Waals surface area (Å²) in [7, 11) is -4.94. The van der Waals surface area contributed by atoms with E-state index in [9.17, 15) is 4.79 Å². The molecule has 0 fully saturated rings. The zero-order valence-corrected chi connectivity index (χ0v) is 7.98. The number of hydrogen-bond acceptors (Lipinski definition) is 5. The van der Waals surface area contributed by atoms with Crippen molar-refractivity contribution in [3.63, 3.8) is 0 Å². The van der Waals surface area contributed by atoms with Crippen molar-refractivity contribution in [1.29, 1.82) is 0 Å². The van der Waals surface area contributed by atoms with Gasteiger partial charge in [-0.05, 0) is 13.0 Å². The van der Waals surface area contributed by atoms with Gasteiger partial charge in [0.15, 0.2) is 18.2 Å². The van der Waals surface area contributed by atoms with Crippen LogP contribution in [-0.4, -0.2) is 5.78 Å². The number of carbonyl (C=O) groups is 1. The normalized spacial score (nSPS) is 10.1. The number of rotatable bonds is 1. The SMILES string of the molecule is CC(=O)c1ccc[nH+]c1.[O-][Cl+3]([O-])([O-])[O-]. The standard InChI is InChI=1S/C7H7NO.ClHO4/c1-6(9)7-3-2-4-8-5-7;2-1(3,4)5/h2-5H,1H3;(H,2,3,4,5). The van der Waals surface area contributed by atoms with Crippen molar-refractivity contribution >= 4 is 5.78 Å². The lowest BCUT2D eigenvalue weighted by molar-refractivity contribution is -2.00. The highest BCUT2D eigenvalue weighted by atomic mass is 35.7. The molecule has 0 amide bonds. The van der Waals surface area contributed by atoms with E-state index >= 15 is 0 Å². The topological polar surface area (TPSA) is 123 Å². The summed E-state index contributed by atoms with van der Waals surface area (Å²) in [6, 6.07) is 3.58. The minimum Gasteiger partial charge on any atom is -0.294 e. The third-order valence-corrected chi connectivity index (χ3v) is 1.11. The first-order valence-electron chi connectivity index (χ1n) is 3.39. The van der Waals surface area contributed by atoms with Crippen LogP contribution < -0.4 is 23.6 Å². The monoisotopic (exact) mass is 221 g/mol. The van der Waals surface area contributed by atoms with Crippen LogP contribution in [0.15, 0.2) is 24.5 Å². The Morgan fingerprint density at radius 1 is 1.36 bits per heavy atom. The highest BCUT2D eigenvalue weighted by molar-refractivity contribution is 5.93. The van der Waals surface area contributed by atoms with Crippen LogP contribution in [0.3, 0.4) is 0 Å². The minimum atomic E-state index is -4.94. The Labute approximate surface area is 82.2 Å². The smallest absolute Gasteiger partial charge is 0.177 e. The number of ketones is 1. The average Bonchev–Trinajstić information content (AvgIpc) is 2.03. The van der Waals surface area contributed by atoms with Gasteiger partial charge in [-0.15, -0.1) is 10.2 Å². The fourth-order valence-electron chi connectivity index (χ4n) is 0.612. The van der Waals surface area contributed by atoms with Crippen LogP contribution >= 0.6 is 0 Å². The molecule has 0 aliphatic carbocycles. The molecule has 1 heterocycles. The lowest BCUT2D eigenvalue weighted by Crippen LogP contribution is -2.68. The van der Waals surface area contributed by atoms with Crippen LogP contribution in [0.2, 0.25) is 0 Å². The molecule has 0 spiro atoms. The molecule has 0 radical (unpaired) electrons. The predicted octanol–water partition coefficient (Wildman–Crippen LogP) is -4.05. The number of halogens is 1. The molecular formula is C7H8ClNO5. The molecule has 6 nitrogen and oxygen atoms in total. The second kappa shape index (κ2) is 5.63. The van der Waals surface area contributed by atoms with Crippen molar-refractivity contribution in [1.82, 2.24) is 0 Å². The number of Topliss-reactive ketones (excluding diaryl/α,β-unsaturated/α-hetero) is 1. The van der Waals surface area contributed by atoms with Crippen LogP contribution in [-0.2, 0) is 0 Å². The van der Waals surface area contributed by atoms with Gasteiger partial charge in [-0.3, -0.25) is 4.79 Å². The predicted molar refractivity (Wildman–Crippen MR) is 33.0 cm³/mol. The van der Waals surface area contributed by atoms with Crippen molar-refractivity contribution < 1.29 is 38.7 Å². The summed E-state index contributed by atoms with van der Waals surface area (Å²) in [5.41, 5.74) is 0.720. The zero-order chi connectivity index (χ0) is 11.2. The van der Waals surface area contributed by atoms with Crippen LogP contribution in [0.25, 0.3) is 0 Å². The third-order valence-electron chi connectivity index (χ3n) is 1.11. The maximum Gasteiger partial charge on any atom is 0.177 e. The molecule has 14 heavy (non-hydrogen) atoms. The summed E-state index contributed by atoms with van der Waals surface area (Å²) >= 11 is 0. The molecule has 1 aromatic heterocycles. The van der Waals surface area contributed by atoms with Gasteiger partial charge < -0.3 is 0 Å². The number of hydrogen-bond donors (Lipinski definition) is 0. The molecule has 0 unspecified atom stereocenters. The summed E-state index contributed by atoms with van der Waals surface area (Å²) in [6.07, 6.45) is 3.45. The molecule has 0 saturated carbocycles. The Bertz CT molecular complexity index is 278. The Morgan fingerprint density at radius 2 is 1.86 bits per heavy atom. The van der Waals surface area contributed by atoms with Crippen LogP contribution in [0.1, 0.15) is 17.3 Å². The van der Waals surface area contributed by atoms with E-state index in [-0.39, 0.29) is 5.78 Å². The number of nitrogens with one attached hydrogen (secondary N) is 1. The first kappa shape index (κ1) is 12.9. The van der Waals surface area contributed by atoms with Crippen molar-refractivity contribution in [2.75, 3.05) is 0 Å². The lowest BCUT2D eigenvalue weighted by Gasteiger charge is -2.17. The molecule has 0 saturated heterocycles. The summed E-state index contributed by atoms with van der Waals surface area (Å²) < 4.78 is 34.0. The van der Waals surface area contributed by atoms with Gasteiger partial charge in [-0.1, -0.05) is 0 Å². The first-order chi connectivity index (χ1) is 6.30. The summed E-state index contributed by atoms with van der Waals surface area (Å²) in [5.74, 6) is 0.0897. The Hall–Kier alpha value is -1.05. The number of pyridine rings is 1. The van der Waals surface area contributed by atoms with Gasteiger partial charge in [0.25, 0.3) is 0 Å². The molecule has 0 bridgehead atoms. The van der Waals surface area contributed by atoms with Gasteiger partial charge in [0.1, 0.15) is 0 Å². The van der Waals surface area contributed by atoms with Crippen molar-refractivity contribution in [2.24, 2.45) is 0 Å². The molecule has 1 aromatic rings. The molecular weight excluding hydrogens is 214 g/mol. The maximum absolute atomic E-state index is 10.6. The van der Waals surface area contributed by atoms with E-state index in [1.165, 1.54) is 0 Å². The number of aromatic nitrogens is 1. The third kappa shape index (κ3) is 9.04. The summed E-state index contributed by atoms with van der Waals surface area (Å²) in [6.45, 7) is 1.54. The molecule has 78 valence electrons. The van der Waals surface area contributed by atoms with E-state index in [4.69, 9.17) is 18.6 Å². The summed E-state index contributed by atoms with van der Waals surface area (Å²) in [5, 5.41) is 0. The average molecular weight is 222 g/mol. The zero-order valence-electron chi connectivity index (χ0n) is 7.23. The molecule has 7 heteroatoms. The van der Waals surface area contributed by atoms with Crippen molar-refractivity contribution in [3.05, 3.63) is 30.1 Å². The van der Waals surface area contributed by atoms with Gasteiger partial charge >= 0.3 is 0 Å². The molecule has 1 N–H and O–H groups in total. The van der Waals surface area contributed by atoms with Gasteiger partial charge in [0.2, 0.25) is 0 Å². The van der Waals surface area contributed by atoms with Crippen LogP contribution in [0.4, 0.5) is 0 Å². The fraction of sp³-hybridized carbons (Fsp3) is 0.143. The quantitative estimate of drug-likeness (QED) is 0.447. The molecule has 0 aliphatic rings. The van der Waals surface area contributed by atoms with Crippen LogP contribution in [0, 0.1) is 10.2 Å². The molecule has 0 atom stereocenters. The molecule has 0 aliphatic heterocycles. The highest BCUT2D eigenvalue weighted by Crippen LogP contribution is 1.92. The van der Waals surface area contributed by atoms with E-state index < -0.39 is 10.2 Å². The Morgan fingerprint density at radius 3 is 2.07 bits per heavy atom. The largest absolute Gasteiger partial charge is 0.294 e. The Kier molecular flexibility index (Phi) is 5.21. The highest BCUT2D eigenvalue weighted by Gasteiger charge is 1.97. The van der Waals surface area contributed by atoms with E-state index in [0.717, 1.165) is 5.56 Å². The lowest BCUT2D eigenvalue weighted by atomic mass is 10.2. The van der Waals surface area contributed by atoms with Gasteiger partial charge in [0.05, 0.1) is 5.56 Å². The second-order valence-electron chi connectivity index (χ2n) is 2.23. The second-order valence-corrected chi connectivity index (χ2v) is 2.98. The van der Waals surface area contributed by atoms with Gasteiger partial charge in [-0.2, -0.15) is 0 Å². The number of H-pyrrole nitrogens is 1. The molecule has 1 rings (SSSR count). The van der Waals surface area contributed by atoms with E-state index in [0.29, 0.717) is 0 Å². The van der Waals surface area contributed by atoms with Crippen molar-refractivity contribution in [3.8, 4) is 0 Å². The number of carbonyl (C=O) groups excluding carboxylic acids is 1. The minimum absolute atomic E-state index is 0.0897. The first-order valence-corrected chi connectivity index (χ1v) is 4.63. The Balaban J connectivity index is 0.000000292. The van der Waals surface area contributed by atoms with E-state index in [2.05, 4.69) is 4.98 Å². The van der Waals surface area contributed by atoms with Gasteiger partial charge in [-0.25, -0.2) is 23.6 Å². The molecule has 0 aromatic carbocycles. The summed E-state index contributed by atoms with van der Waals surface area (Å²) in [4.78, 5) is 13.4. The van der Waals surface area contributed by atoms with Crippen LogP contribution in [0.5, 0.6) is 0 Å². The fourth-order valence-corrected chi connectivity index (χ4v) is 0.612. The van der Waals surface area contributed by atoms with E-state index in [1.54, 1.807) is 31.5 Å². The van der Waals surface area contributed by atoms with Gasteiger partial charge in [0, 0.05) is 6.07 Å². The van der Waals surface area contributed by atoms with E-state index in [1.807, 2.05) is 0 Å². The number of aromatic amines is 1. The maximum atomic E-state index is 10.6.